The van der Waals surface area contributed by atoms with Crippen LogP contribution in [0.5, 0.6) is 5.75 Å². The van der Waals surface area contributed by atoms with Crippen LogP contribution in [0.15, 0.2) is 17.0 Å². The van der Waals surface area contributed by atoms with Gasteiger partial charge in [-0.25, -0.2) is 4.79 Å². The maximum atomic E-state index is 12.1. The second-order valence-electron chi connectivity index (χ2n) is 4.60. The maximum absolute atomic E-state index is 12.1. The molecule has 128 valence electrons. The molecule has 1 fully saturated rings. The third kappa shape index (κ3) is 4.42. The zero-order chi connectivity index (χ0) is 17.9. The molecule has 9 heteroatoms. The van der Waals surface area contributed by atoms with E-state index in [2.05, 4.69) is 49.9 Å². The van der Waals surface area contributed by atoms with Gasteiger partial charge in [-0.1, -0.05) is 0 Å². The van der Waals surface area contributed by atoms with Crippen molar-refractivity contribution in [3.05, 3.63) is 29.7 Å². The van der Waals surface area contributed by atoms with Gasteiger partial charge in [-0.05, 0) is 87.6 Å². The molecule has 0 unspecified atom stereocenters. The Hall–Kier alpha value is -0.820. The quantitative estimate of drug-likeness (QED) is 0.305. The first-order valence-corrected chi connectivity index (χ1v) is 9.78. The first kappa shape index (κ1) is 19.5. The molecule has 24 heavy (non-hydrogen) atoms. The molecule has 1 heterocycles. The van der Waals surface area contributed by atoms with Crippen LogP contribution in [-0.4, -0.2) is 42.3 Å². The van der Waals surface area contributed by atoms with Gasteiger partial charge in [0.05, 0.1) is 19.2 Å². The van der Waals surface area contributed by atoms with E-state index in [1.54, 1.807) is 13.0 Å². The van der Waals surface area contributed by atoms with Gasteiger partial charge in [0.2, 0.25) is 0 Å². The van der Waals surface area contributed by atoms with Crippen molar-refractivity contribution in [2.45, 2.75) is 6.92 Å². The Morgan fingerprint density at radius 2 is 1.92 bits per heavy atom. The Morgan fingerprint density at radius 3 is 2.42 bits per heavy atom. The van der Waals surface area contributed by atoms with Gasteiger partial charge in [-0.2, -0.15) is 0 Å². The first-order valence-electron chi connectivity index (χ1n) is 6.81. The molecule has 1 aromatic rings. The number of amides is 2. The van der Waals surface area contributed by atoms with Crippen molar-refractivity contribution in [1.82, 2.24) is 4.90 Å². The van der Waals surface area contributed by atoms with Gasteiger partial charge in [0.25, 0.3) is 11.1 Å². The summed E-state index contributed by atoms with van der Waals surface area (Å²) < 4.78 is 11.6. The average molecular weight is 573 g/mol. The summed E-state index contributed by atoms with van der Waals surface area (Å²) in [6.07, 6.45) is 1.69. The van der Waals surface area contributed by atoms with Crippen molar-refractivity contribution in [2.24, 2.45) is 0 Å². The van der Waals surface area contributed by atoms with Gasteiger partial charge in [0, 0.05) is 6.54 Å². The lowest BCUT2D eigenvalue weighted by Gasteiger charge is -2.10. The van der Waals surface area contributed by atoms with E-state index in [0.717, 1.165) is 24.5 Å². The lowest BCUT2D eigenvalue weighted by atomic mass is 10.2. The van der Waals surface area contributed by atoms with Crippen LogP contribution in [0, 0.1) is 7.14 Å². The van der Waals surface area contributed by atoms with Gasteiger partial charge in [0.1, 0.15) is 5.75 Å². The van der Waals surface area contributed by atoms with E-state index < -0.39 is 5.97 Å². The van der Waals surface area contributed by atoms with Crippen molar-refractivity contribution in [1.29, 1.82) is 0 Å². The molecule has 1 aliphatic rings. The predicted octanol–water partition coefficient (Wildman–Crippen LogP) is 3.50. The molecule has 2 amide bonds. The van der Waals surface area contributed by atoms with E-state index in [0.29, 0.717) is 17.2 Å². The van der Waals surface area contributed by atoms with Crippen LogP contribution in [0.2, 0.25) is 0 Å². The standard InChI is InChI=1S/C15H13I2NO5S/c1-3-18-14(20)11(24-15(18)21)6-8-4-9(16)13(10(17)5-8)23-7-12(19)22-2/h4-6H,3,7H2,1-2H3/b11-6+. The molecule has 2 rings (SSSR count). The molecule has 0 N–H and O–H groups in total. The smallest absolute Gasteiger partial charge is 0.343 e. The summed E-state index contributed by atoms with van der Waals surface area (Å²) in [5, 5.41) is -0.254. The summed E-state index contributed by atoms with van der Waals surface area (Å²) in [6, 6.07) is 3.66. The highest BCUT2D eigenvalue weighted by Gasteiger charge is 2.33. The number of ether oxygens (including phenoxy) is 2. The van der Waals surface area contributed by atoms with Crippen molar-refractivity contribution in [2.75, 3.05) is 20.3 Å². The number of likely N-dealkylation sites (N-methyl/N-ethyl adjacent to an activating group) is 1. The molecule has 0 bridgehead atoms. The number of hydrogen-bond donors (Lipinski definition) is 0. The monoisotopic (exact) mass is 573 g/mol. The van der Waals surface area contributed by atoms with Crippen molar-refractivity contribution < 1.29 is 23.9 Å². The van der Waals surface area contributed by atoms with E-state index in [1.807, 2.05) is 12.1 Å². The fraction of sp³-hybridized carbons (Fsp3) is 0.267. The number of nitrogens with zero attached hydrogens (tertiary/aromatic N) is 1. The molecule has 0 spiro atoms. The van der Waals surface area contributed by atoms with Gasteiger partial charge in [0.15, 0.2) is 6.61 Å². The maximum Gasteiger partial charge on any atom is 0.343 e. The third-order valence-electron chi connectivity index (χ3n) is 3.07. The highest BCUT2D eigenvalue weighted by atomic mass is 127. The number of rotatable bonds is 5. The molecule has 0 radical (unpaired) electrons. The van der Waals surface area contributed by atoms with E-state index in [9.17, 15) is 14.4 Å². The minimum atomic E-state index is -0.459. The van der Waals surface area contributed by atoms with Crippen molar-refractivity contribution in [3.8, 4) is 5.75 Å². The highest BCUT2D eigenvalue weighted by molar-refractivity contribution is 14.1. The summed E-state index contributed by atoms with van der Waals surface area (Å²) in [5.74, 6) is -0.150. The van der Waals surface area contributed by atoms with Crippen LogP contribution in [-0.2, 0) is 14.3 Å². The molecule has 1 aromatic carbocycles. The minimum absolute atomic E-state index is 0.169. The number of halogens is 2. The van der Waals surface area contributed by atoms with Crippen LogP contribution in [0.4, 0.5) is 4.79 Å². The van der Waals surface area contributed by atoms with Crippen molar-refractivity contribution >= 4 is 80.1 Å². The number of carbonyl (C=O) groups is 3. The summed E-state index contributed by atoms with van der Waals surface area (Å²) in [4.78, 5) is 36.7. The average Bonchev–Trinajstić information content (AvgIpc) is 2.79. The number of benzene rings is 1. The zero-order valence-electron chi connectivity index (χ0n) is 12.8. The second kappa shape index (κ2) is 8.52. The van der Waals surface area contributed by atoms with Crippen LogP contribution in [0.25, 0.3) is 6.08 Å². The molecule has 1 aliphatic heterocycles. The normalized spacial score (nSPS) is 16.0. The van der Waals surface area contributed by atoms with Gasteiger partial charge < -0.3 is 9.47 Å². The third-order valence-corrected chi connectivity index (χ3v) is 5.58. The predicted molar refractivity (Wildman–Crippen MR) is 108 cm³/mol. The summed E-state index contributed by atoms with van der Waals surface area (Å²) >= 11 is 5.13. The molecular weight excluding hydrogens is 560 g/mol. The number of carbonyl (C=O) groups excluding carboxylic acids is 3. The molecular formula is C15H13I2NO5S. The fourth-order valence-electron chi connectivity index (χ4n) is 1.91. The topological polar surface area (TPSA) is 72.9 Å². The van der Waals surface area contributed by atoms with Crippen LogP contribution in [0.3, 0.4) is 0 Å². The van der Waals surface area contributed by atoms with E-state index in [1.165, 1.54) is 12.0 Å². The van der Waals surface area contributed by atoms with Gasteiger partial charge >= 0.3 is 5.97 Å². The Balaban J connectivity index is 2.24. The largest absolute Gasteiger partial charge is 0.480 e. The van der Waals surface area contributed by atoms with Gasteiger partial charge in [-0.3, -0.25) is 14.5 Å². The number of esters is 1. The first-order chi connectivity index (χ1) is 11.4. The number of imide groups is 1. The molecule has 1 saturated heterocycles. The molecule has 0 aliphatic carbocycles. The SMILES string of the molecule is CCN1C(=O)S/C(=C/c2cc(I)c(OCC(=O)OC)c(I)c2)C1=O. The molecule has 0 atom stereocenters. The lowest BCUT2D eigenvalue weighted by molar-refractivity contribution is -0.143. The van der Waals surface area contributed by atoms with E-state index in [4.69, 9.17) is 4.74 Å². The van der Waals surface area contributed by atoms with Crippen molar-refractivity contribution in [3.63, 3.8) is 0 Å². The Labute approximate surface area is 170 Å². The second-order valence-corrected chi connectivity index (χ2v) is 7.92. The Morgan fingerprint density at radius 1 is 1.29 bits per heavy atom. The molecule has 0 saturated carbocycles. The number of methoxy groups -OCH3 is 1. The lowest BCUT2D eigenvalue weighted by Crippen LogP contribution is -2.27. The van der Waals surface area contributed by atoms with Crippen LogP contribution >= 0.6 is 56.9 Å². The summed E-state index contributed by atoms with van der Waals surface area (Å²) in [7, 11) is 1.30. The van der Waals surface area contributed by atoms with E-state index >= 15 is 0 Å². The highest BCUT2D eigenvalue weighted by Crippen LogP contribution is 2.34. The van der Waals surface area contributed by atoms with Gasteiger partial charge in [-0.15, -0.1) is 0 Å². The number of thioether (sulfide) groups is 1. The fourth-order valence-corrected chi connectivity index (χ4v) is 4.95. The molecule has 6 nitrogen and oxygen atoms in total. The van der Waals surface area contributed by atoms with Crippen LogP contribution in [0.1, 0.15) is 12.5 Å². The Bertz CT molecular complexity index is 712. The van der Waals surface area contributed by atoms with Crippen LogP contribution < -0.4 is 4.74 Å². The Kier molecular flexibility index (Phi) is 6.92. The molecule has 0 aromatic heterocycles. The van der Waals surface area contributed by atoms with E-state index in [-0.39, 0.29) is 17.8 Å². The summed E-state index contributed by atoms with van der Waals surface area (Å²) in [6.45, 7) is 1.95. The zero-order valence-corrected chi connectivity index (χ0v) is 17.9. The number of hydrogen-bond acceptors (Lipinski definition) is 6. The minimum Gasteiger partial charge on any atom is -0.480 e. The summed E-state index contributed by atoms with van der Waals surface area (Å²) in [5.41, 5.74) is 0.788.